The summed E-state index contributed by atoms with van der Waals surface area (Å²) in [7, 11) is -3.36. The summed E-state index contributed by atoms with van der Waals surface area (Å²) in [5, 5.41) is 0. The van der Waals surface area contributed by atoms with Crippen molar-refractivity contribution >= 4 is 21.7 Å². The van der Waals surface area contributed by atoms with E-state index in [1.165, 1.54) is 5.57 Å². The van der Waals surface area contributed by atoms with Crippen LogP contribution in [0.25, 0.3) is 0 Å². The van der Waals surface area contributed by atoms with Gasteiger partial charge in [-0.3, -0.25) is 9.52 Å². The van der Waals surface area contributed by atoms with E-state index in [1.807, 2.05) is 26.8 Å². The third-order valence-corrected chi connectivity index (χ3v) is 5.78. The Morgan fingerprint density at radius 1 is 1.19 bits per heavy atom. The molecule has 1 aromatic rings. The molecular formula is C21H31NO4S. The summed E-state index contributed by atoms with van der Waals surface area (Å²) in [5.74, 6) is 0.225. The highest BCUT2D eigenvalue weighted by Crippen LogP contribution is 2.28. The number of hydrogen-bond donors (Lipinski definition) is 1. The highest BCUT2D eigenvalue weighted by Gasteiger charge is 2.22. The van der Waals surface area contributed by atoms with Crippen LogP contribution in [0.15, 0.2) is 42.0 Å². The van der Waals surface area contributed by atoms with E-state index < -0.39 is 15.6 Å². The van der Waals surface area contributed by atoms with Crippen molar-refractivity contribution in [1.82, 2.24) is 0 Å². The smallest absolute Gasteiger partial charge is 0.306 e. The number of ether oxygens (including phenoxy) is 1. The first kappa shape index (κ1) is 21.5. The van der Waals surface area contributed by atoms with E-state index in [1.54, 1.807) is 24.3 Å². The molecule has 0 radical (unpaired) electrons. The number of anilines is 1. The van der Waals surface area contributed by atoms with Gasteiger partial charge in [-0.05, 0) is 70.9 Å². The molecular weight excluding hydrogens is 362 g/mol. The first-order chi connectivity index (χ1) is 12.6. The van der Waals surface area contributed by atoms with Crippen molar-refractivity contribution in [2.45, 2.75) is 64.9 Å². The van der Waals surface area contributed by atoms with E-state index in [0.717, 1.165) is 25.7 Å². The number of benzene rings is 1. The first-order valence-electron chi connectivity index (χ1n) is 9.58. The number of rotatable bonds is 7. The van der Waals surface area contributed by atoms with Crippen LogP contribution in [0, 0.1) is 5.92 Å². The Balaban J connectivity index is 1.79. The van der Waals surface area contributed by atoms with Crippen LogP contribution in [-0.4, -0.2) is 25.7 Å². The van der Waals surface area contributed by atoms with Gasteiger partial charge in [-0.2, -0.15) is 0 Å². The molecule has 5 nitrogen and oxygen atoms in total. The van der Waals surface area contributed by atoms with Crippen molar-refractivity contribution in [2.24, 2.45) is 5.92 Å². The molecule has 1 aliphatic rings. The number of sulfonamides is 1. The monoisotopic (exact) mass is 393 g/mol. The van der Waals surface area contributed by atoms with Gasteiger partial charge in [-0.15, -0.1) is 0 Å². The predicted octanol–water partition coefficient (Wildman–Crippen LogP) is 4.67. The third kappa shape index (κ3) is 8.61. The molecule has 1 unspecified atom stereocenters. The second-order valence-electron chi connectivity index (χ2n) is 8.17. The molecule has 6 heteroatoms. The zero-order valence-electron chi connectivity index (χ0n) is 16.5. The normalized spacial score (nSPS) is 18.3. The molecule has 0 fully saturated rings. The van der Waals surface area contributed by atoms with Crippen LogP contribution in [0.5, 0.6) is 0 Å². The van der Waals surface area contributed by atoms with Crippen LogP contribution in [0.4, 0.5) is 5.69 Å². The number of esters is 1. The van der Waals surface area contributed by atoms with Crippen molar-refractivity contribution < 1.29 is 17.9 Å². The van der Waals surface area contributed by atoms with Crippen molar-refractivity contribution in [3.05, 3.63) is 42.0 Å². The van der Waals surface area contributed by atoms with Gasteiger partial charge in [0.15, 0.2) is 0 Å². The SMILES string of the molecule is CC(C)(C)OC(=O)CC1CCC=C(CCS(=O)(=O)Nc2ccccc2)CC1. The van der Waals surface area contributed by atoms with Gasteiger partial charge in [-0.1, -0.05) is 29.8 Å². The van der Waals surface area contributed by atoms with E-state index in [2.05, 4.69) is 10.8 Å². The molecule has 0 amide bonds. The summed E-state index contributed by atoms with van der Waals surface area (Å²) in [4.78, 5) is 12.0. The lowest BCUT2D eigenvalue weighted by Gasteiger charge is -2.21. The average Bonchev–Trinajstić information content (AvgIpc) is 2.77. The van der Waals surface area contributed by atoms with Crippen molar-refractivity contribution in [3.63, 3.8) is 0 Å². The molecule has 0 saturated heterocycles. The Kier molecular flexibility index (Phi) is 7.48. The van der Waals surface area contributed by atoms with Gasteiger partial charge < -0.3 is 4.74 Å². The second-order valence-corrected chi connectivity index (χ2v) is 10.0. The molecule has 0 aliphatic heterocycles. The number of hydrogen-bond acceptors (Lipinski definition) is 4. The molecule has 1 aliphatic carbocycles. The standard InChI is InChI=1S/C21H31NO4S/c1-21(2,3)26-20(23)16-18-9-7-8-17(12-13-18)14-15-27(24,25)22-19-10-5-4-6-11-19/h4-6,8,10-11,18,22H,7,9,12-16H2,1-3H3. The van der Waals surface area contributed by atoms with E-state index in [9.17, 15) is 13.2 Å². The molecule has 1 N–H and O–H groups in total. The maximum absolute atomic E-state index is 12.3. The molecule has 0 heterocycles. The molecule has 27 heavy (non-hydrogen) atoms. The molecule has 0 bridgehead atoms. The molecule has 1 atom stereocenters. The Bertz CT molecular complexity index is 748. The zero-order valence-corrected chi connectivity index (χ0v) is 17.3. The highest BCUT2D eigenvalue weighted by atomic mass is 32.2. The van der Waals surface area contributed by atoms with Crippen LogP contribution in [0.3, 0.4) is 0 Å². The van der Waals surface area contributed by atoms with Crippen LogP contribution >= 0.6 is 0 Å². The molecule has 0 spiro atoms. The summed E-state index contributed by atoms with van der Waals surface area (Å²) < 4.78 is 32.6. The Labute approximate surface area is 163 Å². The van der Waals surface area contributed by atoms with Gasteiger partial charge in [0, 0.05) is 12.1 Å². The van der Waals surface area contributed by atoms with Crippen molar-refractivity contribution in [1.29, 1.82) is 0 Å². The molecule has 0 saturated carbocycles. The summed E-state index contributed by atoms with van der Waals surface area (Å²) in [6.45, 7) is 5.63. The Morgan fingerprint density at radius 2 is 1.89 bits per heavy atom. The van der Waals surface area contributed by atoms with Gasteiger partial charge in [0.25, 0.3) is 0 Å². The lowest BCUT2D eigenvalue weighted by Crippen LogP contribution is -2.25. The molecule has 0 aromatic heterocycles. The number of allylic oxidation sites excluding steroid dienone is 2. The molecule has 2 rings (SSSR count). The number of carbonyl (C=O) groups is 1. The van der Waals surface area contributed by atoms with Crippen LogP contribution < -0.4 is 4.72 Å². The van der Waals surface area contributed by atoms with Gasteiger partial charge in [0.05, 0.1) is 5.75 Å². The fourth-order valence-corrected chi connectivity index (χ4v) is 4.34. The third-order valence-electron chi connectivity index (χ3n) is 4.50. The van der Waals surface area contributed by atoms with Crippen LogP contribution in [0.1, 0.15) is 59.3 Å². The van der Waals surface area contributed by atoms with Gasteiger partial charge in [0.2, 0.25) is 10.0 Å². The number of nitrogens with one attached hydrogen (secondary N) is 1. The van der Waals surface area contributed by atoms with Gasteiger partial charge >= 0.3 is 5.97 Å². The highest BCUT2D eigenvalue weighted by molar-refractivity contribution is 7.92. The van der Waals surface area contributed by atoms with E-state index in [-0.39, 0.29) is 11.7 Å². The van der Waals surface area contributed by atoms with Gasteiger partial charge in [0.1, 0.15) is 5.60 Å². The largest absolute Gasteiger partial charge is 0.460 e. The van der Waals surface area contributed by atoms with Crippen molar-refractivity contribution in [2.75, 3.05) is 10.5 Å². The molecule has 1 aromatic carbocycles. The summed E-state index contributed by atoms with van der Waals surface area (Å²) in [6.07, 6.45) is 6.68. The van der Waals surface area contributed by atoms with Gasteiger partial charge in [-0.25, -0.2) is 8.42 Å². The summed E-state index contributed by atoms with van der Waals surface area (Å²) in [5.41, 5.74) is 1.30. The van der Waals surface area contributed by atoms with Crippen LogP contribution in [-0.2, 0) is 19.6 Å². The minimum absolute atomic E-state index is 0.0739. The summed E-state index contributed by atoms with van der Waals surface area (Å²) in [6, 6.07) is 8.93. The summed E-state index contributed by atoms with van der Waals surface area (Å²) >= 11 is 0. The maximum atomic E-state index is 12.3. The second kappa shape index (κ2) is 9.40. The fourth-order valence-electron chi connectivity index (χ4n) is 3.21. The average molecular weight is 394 g/mol. The minimum atomic E-state index is -3.36. The van der Waals surface area contributed by atoms with E-state index in [4.69, 9.17) is 4.74 Å². The zero-order chi connectivity index (χ0) is 19.9. The Hall–Kier alpha value is -1.82. The Morgan fingerprint density at radius 3 is 2.56 bits per heavy atom. The van der Waals surface area contributed by atoms with Crippen molar-refractivity contribution in [3.8, 4) is 0 Å². The van der Waals surface area contributed by atoms with E-state index >= 15 is 0 Å². The minimum Gasteiger partial charge on any atom is -0.460 e. The lowest BCUT2D eigenvalue weighted by molar-refractivity contribution is -0.156. The molecule has 150 valence electrons. The number of carbonyl (C=O) groups excluding carboxylic acids is 1. The topological polar surface area (TPSA) is 72.5 Å². The quantitative estimate of drug-likeness (QED) is 0.540. The predicted molar refractivity (Wildman–Crippen MR) is 109 cm³/mol. The van der Waals surface area contributed by atoms with E-state index in [0.29, 0.717) is 24.4 Å². The number of para-hydroxylation sites is 1. The fraction of sp³-hybridized carbons (Fsp3) is 0.571. The lowest BCUT2D eigenvalue weighted by atomic mass is 9.95. The first-order valence-corrected chi connectivity index (χ1v) is 11.2. The maximum Gasteiger partial charge on any atom is 0.306 e. The van der Waals surface area contributed by atoms with Crippen LogP contribution in [0.2, 0.25) is 0 Å².